The minimum absolute atomic E-state index is 0.0638. The lowest BCUT2D eigenvalue weighted by Gasteiger charge is -2.10. The summed E-state index contributed by atoms with van der Waals surface area (Å²) in [6, 6.07) is 7.51. The zero-order valence-electron chi connectivity index (χ0n) is 13.0. The fourth-order valence-electron chi connectivity index (χ4n) is 2.14. The van der Waals surface area contributed by atoms with Crippen LogP contribution >= 0.6 is 34.3 Å². The lowest BCUT2D eigenvalue weighted by Crippen LogP contribution is -2.09. The molecule has 0 aliphatic heterocycles. The van der Waals surface area contributed by atoms with Gasteiger partial charge in [0.25, 0.3) is 0 Å². The van der Waals surface area contributed by atoms with Crippen molar-refractivity contribution in [3.63, 3.8) is 0 Å². The summed E-state index contributed by atoms with van der Waals surface area (Å²) in [5, 5.41) is 9.91. The molecule has 0 aliphatic carbocycles. The van der Waals surface area contributed by atoms with Crippen LogP contribution in [0.3, 0.4) is 0 Å². The van der Waals surface area contributed by atoms with Crippen molar-refractivity contribution in [3.05, 3.63) is 39.7 Å². The SMILES string of the molecule is CN(C)c1ccc(-c2nc(-c3ccc(Cl)s3)c(CC(=O)O)s2)cn1. The molecule has 1 N–H and O–H groups in total. The van der Waals surface area contributed by atoms with E-state index in [4.69, 9.17) is 16.7 Å². The molecule has 3 aromatic rings. The Labute approximate surface area is 152 Å². The Kier molecular flexibility index (Phi) is 4.84. The number of carboxylic acids is 1. The van der Waals surface area contributed by atoms with Gasteiger partial charge in [-0.05, 0) is 24.3 Å². The van der Waals surface area contributed by atoms with Crippen LogP contribution < -0.4 is 4.90 Å². The van der Waals surface area contributed by atoms with Crippen molar-refractivity contribution in [3.8, 4) is 21.1 Å². The van der Waals surface area contributed by atoms with Gasteiger partial charge < -0.3 is 10.0 Å². The van der Waals surface area contributed by atoms with Crippen molar-refractivity contribution < 1.29 is 9.90 Å². The average molecular weight is 380 g/mol. The minimum Gasteiger partial charge on any atom is -0.481 e. The molecular formula is C16H14ClN3O2S2. The third-order valence-electron chi connectivity index (χ3n) is 3.27. The molecule has 0 amide bonds. The molecular weight excluding hydrogens is 366 g/mol. The highest BCUT2D eigenvalue weighted by Crippen LogP contribution is 2.38. The Bertz CT molecular complexity index is 872. The van der Waals surface area contributed by atoms with Crippen molar-refractivity contribution in [1.82, 2.24) is 9.97 Å². The topological polar surface area (TPSA) is 66.3 Å². The molecule has 0 spiro atoms. The zero-order valence-corrected chi connectivity index (χ0v) is 15.4. The van der Waals surface area contributed by atoms with E-state index in [0.717, 1.165) is 21.3 Å². The molecule has 0 atom stereocenters. The van der Waals surface area contributed by atoms with Gasteiger partial charge in [-0.15, -0.1) is 22.7 Å². The number of pyridine rings is 1. The quantitative estimate of drug-likeness (QED) is 0.716. The first kappa shape index (κ1) is 16.9. The molecule has 0 radical (unpaired) electrons. The third kappa shape index (κ3) is 3.58. The number of thiophene rings is 1. The highest BCUT2D eigenvalue weighted by Gasteiger charge is 2.18. The van der Waals surface area contributed by atoms with Gasteiger partial charge in [0, 0.05) is 30.7 Å². The number of aromatic nitrogens is 2. The Morgan fingerprint density at radius 1 is 1.25 bits per heavy atom. The molecule has 0 saturated carbocycles. The van der Waals surface area contributed by atoms with Gasteiger partial charge in [-0.2, -0.15) is 0 Å². The van der Waals surface area contributed by atoms with E-state index in [2.05, 4.69) is 9.97 Å². The minimum atomic E-state index is -0.879. The van der Waals surface area contributed by atoms with Crippen LogP contribution in [0.1, 0.15) is 4.88 Å². The first-order valence-electron chi connectivity index (χ1n) is 7.05. The Morgan fingerprint density at radius 2 is 2.04 bits per heavy atom. The molecule has 0 fully saturated rings. The van der Waals surface area contributed by atoms with E-state index in [0.29, 0.717) is 14.9 Å². The second kappa shape index (κ2) is 6.88. The van der Waals surface area contributed by atoms with Crippen molar-refractivity contribution in [1.29, 1.82) is 0 Å². The smallest absolute Gasteiger partial charge is 0.308 e. The number of rotatable bonds is 5. The Balaban J connectivity index is 2.02. The molecule has 0 bridgehead atoms. The fraction of sp³-hybridized carbons (Fsp3) is 0.188. The molecule has 0 aliphatic rings. The standard InChI is InChI=1S/C16H14ClN3O2S2/c1-20(2)13-6-3-9(8-18-13)16-19-15(10-4-5-12(17)23-10)11(24-16)7-14(21)22/h3-6,8H,7H2,1-2H3,(H,21,22). The number of hydrogen-bond acceptors (Lipinski definition) is 6. The summed E-state index contributed by atoms with van der Waals surface area (Å²) < 4.78 is 0.651. The Hall–Kier alpha value is -1.96. The number of carbonyl (C=O) groups is 1. The molecule has 3 heterocycles. The maximum Gasteiger partial charge on any atom is 0.308 e. The maximum absolute atomic E-state index is 11.2. The van der Waals surface area contributed by atoms with Gasteiger partial charge in [-0.1, -0.05) is 11.6 Å². The van der Waals surface area contributed by atoms with E-state index in [-0.39, 0.29) is 6.42 Å². The summed E-state index contributed by atoms with van der Waals surface area (Å²) >= 11 is 8.77. The van der Waals surface area contributed by atoms with Crippen molar-refractivity contribution in [2.75, 3.05) is 19.0 Å². The lowest BCUT2D eigenvalue weighted by atomic mass is 10.2. The number of thiazole rings is 1. The van der Waals surface area contributed by atoms with Crippen molar-refractivity contribution >= 4 is 46.1 Å². The van der Waals surface area contributed by atoms with E-state index >= 15 is 0 Å². The van der Waals surface area contributed by atoms with Crippen LogP contribution in [-0.4, -0.2) is 35.1 Å². The second-order valence-corrected chi connectivity index (χ2v) is 8.06. The maximum atomic E-state index is 11.2. The van der Waals surface area contributed by atoms with E-state index < -0.39 is 5.97 Å². The van der Waals surface area contributed by atoms with Crippen LogP contribution in [0.25, 0.3) is 21.1 Å². The Morgan fingerprint density at radius 3 is 2.58 bits per heavy atom. The van der Waals surface area contributed by atoms with E-state index in [1.807, 2.05) is 37.2 Å². The molecule has 5 nitrogen and oxygen atoms in total. The van der Waals surface area contributed by atoms with Crippen LogP contribution in [0.2, 0.25) is 4.34 Å². The fourth-order valence-corrected chi connectivity index (χ4v) is 4.33. The van der Waals surface area contributed by atoms with Crippen molar-refractivity contribution in [2.45, 2.75) is 6.42 Å². The summed E-state index contributed by atoms with van der Waals surface area (Å²) in [6.45, 7) is 0. The van der Waals surface area contributed by atoms with Crippen LogP contribution in [0, 0.1) is 0 Å². The predicted molar refractivity (Wildman–Crippen MR) is 99.3 cm³/mol. The van der Waals surface area contributed by atoms with E-state index in [1.165, 1.54) is 22.7 Å². The first-order valence-corrected chi connectivity index (χ1v) is 9.06. The zero-order chi connectivity index (χ0) is 17.3. The average Bonchev–Trinajstić information content (AvgIpc) is 3.13. The van der Waals surface area contributed by atoms with Gasteiger partial charge in [-0.3, -0.25) is 4.79 Å². The molecule has 124 valence electrons. The highest BCUT2D eigenvalue weighted by molar-refractivity contribution is 7.20. The summed E-state index contributed by atoms with van der Waals surface area (Å²) in [5.41, 5.74) is 1.55. The molecule has 3 aromatic heterocycles. The third-order valence-corrected chi connectivity index (χ3v) is 5.61. The normalized spacial score (nSPS) is 10.8. The molecule has 0 saturated heterocycles. The van der Waals surface area contributed by atoms with Crippen molar-refractivity contribution in [2.24, 2.45) is 0 Å². The summed E-state index contributed by atoms with van der Waals surface area (Å²) in [4.78, 5) is 23.7. The van der Waals surface area contributed by atoms with Crippen LogP contribution in [0.15, 0.2) is 30.5 Å². The molecule has 24 heavy (non-hydrogen) atoms. The van der Waals surface area contributed by atoms with Gasteiger partial charge >= 0.3 is 5.97 Å². The number of halogens is 1. The lowest BCUT2D eigenvalue weighted by molar-refractivity contribution is -0.136. The van der Waals surface area contributed by atoms with Gasteiger partial charge in [0.2, 0.25) is 0 Å². The molecule has 3 rings (SSSR count). The number of anilines is 1. The summed E-state index contributed by atoms with van der Waals surface area (Å²) in [5.74, 6) is -0.0264. The largest absolute Gasteiger partial charge is 0.481 e. The van der Waals surface area contributed by atoms with Gasteiger partial charge in [0.1, 0.15) is 10.8 Å². The second-order valence-electron chi connectivity index (χ2n) is 5.26. The molecule has 0 aromatic carbocycles. The number of aliphatic carboxylic acids is 1. The number of hydrogen-bond donors (Lipinski definition) is 1. The summed E-state index contributed by atoms with van der Waals surface area (Å²) in [7, 11) is 3.85. The van der Waals surface area contributed by atoms with Crippen LogP contribution in [0.5, 0.6) is 0 Å². The monoisotopic (exact) mass is 379 g/mol. The van der Waals surface area contributed by atoms with Crippen LogP contribution in [0.4, 0.5) is 5.82 Å². The molecule has 8 heteroatoms. The first-order chi connectivity index (χ1) is 11.4. The highest BCUT2D eigenvalue weighted by atomic mass is 35.5. The number of nitrogens with zero attached hydrogens (tertiary/aromatic N) is 3. The predicted octanol–water partition coefficient (Wildman–Crippen LogP) is 4.28. The van der Waals surface area contributed by atoms with E-state index in [1.54, 1.807) is 12.3 Å². The van der Waals surface area contributed by atoms with Gasteiger partial charge in [0.05, 0.1) is 21.3 Å². The summed E-state index contributed by atoms with van der Waals surface area (Å²) in [6.07, 6.45) is 1.69. The van der Waals surface area contributed by atoms with Gasteiger partial charge in [-0.25, -0.2) is 9.97 Å². The number of carboxylic acid groups (broad SMARTS) is 1. The molecule has 0 unspecified atom stereocenters. The van der Waals surface area contributed by atoms with Crippen LogP contribution in [-0.2, 0) is 11.2 Å². The van der Waals surface area contributed by atoms with Gasteiger partial charge in [0.15, 0.2) is 0 Å². The van der Waals surface area contributed by atoms with E-state index in [9.17, 15) is 4.79 Å².